The van der Waals surface area contributed by atoms with Crippen LogP contribution in [0.3, 0.4) is 0 Å². The summed E-state index contributed by atoms with van der Waals surface area (Å²) in [6.45, 7) is 0. The standard InChI is InChI=1S/C14H11N3/c1-3-11(15-7-1)9-13-5-6-14(17-13)10-12-4-2-8-16-12/h1-10,17H. The molecule has 3 rings (SSSR count). The lowest BCUT2D eigenvalue weighted by Crippen LogP contribution is -1.76. The molecule has 0 spiro atoms. The number of rotatable bonds is 2. The molecule has 0 radical (unpaired) electrons. The van der Waals surface area contributed by atoms with E-state index in [4.69, 9.17) is 0 Å². The third-order valence-electron chi connectivity index (χ3n) is 2.49. The molecule has 0 amide bonds. The first-order valence-electron chi connectivity index (χ1n) is 5.44. The van der Waals surface area contributed by atoms with E-state index in [1.54, 1.807) is 12.4 Å². The molecule has 1 aromatic heterocycles. The molecule has 3 heteroatoms. The second kappa shape index (κ2) is 4.22. The molecule has 0 saturated heterocycles. The third-order valence-corrected chi connectivity index (χ3v) is 2.49. The van der Waals surface area contributed by atoms with E-state index in [1.807, 2.05) is 48.6 Å². The van der Waals surface area contributed by atoms with E-state index in [0.29, 0.717) is 0 Å². The second-order valence-corrected chi connectivity index (χ2v) is 3.78. The van der Waals surface area contributed by atoms with Gasteiger partial charge in [0.15, 0.2) is 0 Å². The van der Waals surface area contributed by atoms with E-state index in [1.165, 1.54) is 0 Å². The van der Waals surface area contributed by atoms with Crippen molar-refractivity contribution in [2.75, 3.05) is 0 Å². The van der Waals surface area contributed by atoms with Crippen molar-refractivity contribution in [3.8, 4) is 0 Å². The summed E-state index contributed by atoms with van der Waals surface area (Å²) in [7, 11) is 0. The summed E-state index contributed by atoms with van der Waals surface area (Å²) >= 11 is 0. The normalized spacial score (nSPS) is 21.4. The molecule has 0 saturated carbocycles. The Morgan fingerprint density at radius 1 is 0.824 bits per heavy atom. The largest absolute Gasteiger partial charge is 0.355 e. The topological polar surface area (TPSA) is 40.5 Å². The van der Waals surface area contributed by atoms with Crippen molar-refractivity contribution in [3.63, 3.8) is 0 Å². The van der Waals surface area contributed by atoms with Crippen molar-refractivity contribution in [2.45, 2.75) is 0 Å². The summed E-state index contributed by atoms with van der Waals surface area (Å²) in [6, 6.07) is 4.06. The van der Waals surface area contributed by atoms with Crippen molar-refractivity contribution in [2.24, 2.45) is 9.98 Å². The van der Waals surface area contributed by atoms with E-state index in [0.717, 1.165) is 22.8 Å². The fourth-order valence-electron chi connectivity index (χ4n) is 1.71. The fraction of sp³-hybridized carbons (Fsp3) is 0. The predicted molar refractivity (Wildman–Crippen MR) is 72.0 cm³/mol. The molecule has 1 aromatic rings. The van der Waals surface area contributed by atoms with E-state index in [9.17, 15) is 0 Å². The van der Waals surface area contributed by atoms with Crippen molar-refractivity contribution >= 4 is 24.6 Å². The van der Waals surface area contributed by atoms with E-state index in [-0.39, 0.29) is 0 Å². The minimum absolute atomic E-state index is 0.963. The summed E-state index contributed by atoms with van der Waals surface area (Å²) in [5, 5.41) is 0. The Hall–Kier alpha value is -2.42. The van der Waals surface area contributed by atoms with E-state index < -0.39 is 0 Å². The molecular weight excluding hydrogens is 210 g/mol. The lowest BCUT2D eigenvalue weighted by atomic mass is 10.3. The molecule has 0 bridgehead atoms. The average Bonchev–Trinajstić information content (AvgIpc) is 3.02. The lowest BCUT2D eigenvalue weighted by Gasteiger charge is -1.91. The highest BCUT2D eigenvalue weighted by Crippen LogP contribution is 2.15. The minimum atomic E-state index is 0.963. The highest BCUT2D eigenvalue weighted by molar-refractivity contribution is 5.80. The van der Waals surface area contributed by atoms with Crippen molar-refractivity contribution in [3.05, 3.63) is 59.2 Å². The number of hydrogen-bond acceptors (Lipinski definition) is 2. The third kappa shape index (κ3) is 2.23. The number of aromatic amines is 1. The number of hydrogen-bond donors (Lipinski definition) is 1. The first kappa shape index (κ1) is 9.78. The van der Waals surface area contributed by atoms with Crippen molar-refractivity contribution < 1.29 is 0 Å². The number of H-pyrrole nitrogens is 1. The van der Waals surface area contributed by atoms with Gasteiger partial charge in [0, 0.05) is 23.8 Å². The van der Waals surface area contributed by atoms with Crippen LogP contribution < -0.4 is 0 Å². The first-order chi connectivity index (χ1) is 8.40. The highest BCUT2D eigenvalue weighted by atomic mass is 14.8. The fourth-order valence-corrected chi connectivity index (χ4v) is 1.71. The van der Waals surface area contributed by atoms with Gasteiger partial charge in [-0.1, -0.05) is 0 Å². The summed E-state index contributed by atoms with van der Waals surface area (Å²) < 4.78 is 0. The van der Waals surface area contributed by atoms with Crippen LogP contribution >= 0.6 is 0 Å². The maximum atomic E-state index is 4.20. The summed E-state index contributed by atoms with van der Waals surface area (Å²) in [4.78, 5) is 11.7. The number of aliphatic imine (C=N–C) groups is 2. The van der Waals surface area contributed by atoms with Crippen LogP contribution in [0.4, 0.5) is 0 Å². The molecular formula is C14H11N3. The molecule has 0 unspecified atom stereocenters. The molecule has 0 aromatic carbocycles. The van der Waals surface area contributed by atoms with Crippen LogP contribution in [0, 0.1) is 0 Å². The average molecular weight is 221 g/mol. The van der Waals surface area contributed by atoms with Crippen LogP contribution in [0.5, 0.6) is 0 Å². The molecule has 82 valence electrons. The Balaban J connectivity index is 1.83. The molecule has 2 aliphatic heterocycles. The van der Waals surface area contributed by atoms with Gasteiger partial charge in [-0.25, -0.2) is 0 Å². The smallest absolute Gasteiger partial charge is 0.0650 e. The Kier molecular flexibility index (Phi) is 2.43. The molecule has 3 heterocycles. The summed E-state index contributed by atoms with van der Waals surface area (Å²) in [5.74, 6) is 0. The first-order valence-corrected chi connectivity index (χ1v) is 5.44. The quantitative estimate of drug-likeness (QED) is 0.797. The molecule has 0 atom stereocenters. The van der Waals surface area contributed by atoms with Crippen molar-refractivity contribution in [1.29, 1.82) is 0 Å². The predicted octanol–water partition coefficient (Wildman–Crippen LogP) is 2.98. The summed E-state index contributed by atoms with van der Waals surface area (Å²) in [6.07, 6.45) is 15.4. The van der Waals surface area contributed by atoms with Crippen LogP contribution in [0.1, 0.15) is 11.4 Å². The van der Waals surface area contributed by atoms with Crippen LogP contribution in [0.15, 0.2) is 57.8 Å². The maximum Gasteiger partial charge on any atom is 0.0650 e. The van der Waals surface area contributed by atoms with Gasteiger partial charge in [-0.3, -0.25) is 9.98 Å². The van der Waals surface area contributed by atoms with E-state index >= 15 is 0 Å². The van der Waals surface area contributed by atoms with Gasteiger partial charge in [0.2, 0.25) is 0 Å². The van der Waals surface area contributed by atoms with Crippen LogP contribution in [-0.2, 0) is 0 Å². The van der Waals surface area contributed by atoms with Crippen LogP contribution in [0.25, 0.3) is 12.2 Å². The minimum Gasteiger partial charge on any atom is -0.355 e. The van der Waals surface area contributed by atoms with E-state index in [2.05, 4.69) is 15.0 Å². The van der Waals surface area contributed by atoms with Gasteiger partial charge in [0.1, 0.15) is 0 Å². The second-order valence-electron chi connectivity index (χ2n) is 3.78. The molecule has 1 N–H and O–H groups in total. The van der Waals surface area contributed by atoms with Gasteiger partial charge >= 0.3 is 0 Å². The molecule has 2 aliphatic rings. The highest BCUT2D eigenvalue weighted by Gasteiger charge is 1.99. The van der Waals surface area contributed by atoms with Gasteiger partial charge in [-0.15, -0.1) is 0 Å². The SMILES string of the molecule is C1=CC(=Cc2ccc(C=C3C=CC=N3)[nH]2)N=C1. The Labute approximate surface area is 99.3 Å². The lowest BCUT2D eigenvalue weighted by molar-refractivity contribution is 1.32. The molecule has 17 heavy (non-hydrogen) atoms. The Bertz CT molecular complexity index is 527. The zero-order valence-corrected chi connectivity index (χ0v) is 9.17. The van der Waals surface area contributed by atoms with Gasteiger partial charge in [-0.05, 0) is 48.6 Å². The molecule has 0 fully saturated rings. The zero-order valence-electron chi connectivity index (χ0n) is 9.17. The zero-order chi connectivity index (χ0) is 11.5. The Morgan fingerprint density at radius 3 is 1.76 bits per heavy atom. The monoisotopic (exact) mass is 221 g/mol. The van der Waals surface area contributed by atoms with Gasteiger partial charge < -0.3 is 4.98 Å². The van der Waals surface area contributed by atoms with Crippen LogP contribution in [-0.4, -0.2) is 17.4 Å². The number of nitrogens with one attached hydrogen (secondary N) is 1. The maximum absolute atomic E-state index is 4.20. The Morgan fingerprint density at radius 2 is 1.35 bits per heavy atom. The van der Waals surface area contributed by atoms with Crippen LogP contribution in [0.2, 0.25) is 0 Å². The van der Waals surface area contributed by atoms with Gasteiger partial charge in [0.05, 0.1) is 11.4 Å². The molecule has 3 nitrogen and oxygen atoms in total. The number of aromatic nitrogens is 1. The van der Waals surface area contributed by atoms with Gasteiger partial charge in [-0.2, -0.15) is 0 Å². The number of nitrogens with zero attached hydrogens (tertiary/aromatic N) is 2. The summed E-state index contributed by atoms with van der Waals surface area (Å²) in [5.41, 5.74) is 4.01. The van der Waals surface area contributed by atoms with Crippen molar-refractivity contribution in [1.82, 2.24) is 4.98 Å². The molecule has 0 aliphatic carbocycles. The van der Waals surface area contributed by atoms with Gasteiger partial charge in [0.25, 0.3) is 0 Å². The number of allylic oxidation sites excluding steroid dienone is 4.